The molecular formula is C17H25NO2. The molecule has 0 amide bonds. The molecule has 0 saturated heterocycles. The summed E-state index contributed by atoms with van der Waals surface area (Å²) in [6.07, 6.45) is 5.79. The first-order chi connectivity index (χ1) is 9.36. The largest absolute Gasteiger partial charge is 0.369 e. The van der Waals surface area contributed by atoms with Gasteiger partial charge >= 0.3 is 0 Å². The number of aromatic nitrogens is 1. The maximum Gasteiger partial charge on any atom is 0.204 e. The molecule has 3 atom stereocenters. The van der Waals surface area contributed by atoms with Crippen molar-refractivity contribution in [2.24, 2.45) is 23.8 Å². The second-order valence-corrected chi connectivity index (χ2v) is 7.34. The Morgan fingerprint density at radius 2 is 2.20 bits per heavy atom. The van der Waals surface area contributed by atoms with Gasteiger partial charge in [0.15, 0.2) is 0 Å². The summed E-state index contributed by atoms with van der Waals surface area (Å²) in [5, 5.41) is 0. The SMILES string of the molecule is Cn1cccc1C(=O)COC1CC2CCC1(C)C2(C)C. The smallest absolute Gasteiger partial charge is 0.204 e. The van der Waals surface area contributed by atoms with Crippen LogP contribution in [0.15, 0.2) is 18.3 Å². The van der Waals surface area contributed by atoms with E-state index < -0.39 is 0 Å². The Morgan fingerprint density at radius 3 is 2.70 bits per heavy atom. The highest BCUT2D eigenvalue weighted by Crippen LogP contribution is 2.66. The van der Waals surface area contributed by atoms with Gasteiger partial charge in [0.2, 0.25) is 5.78 Å². The molecule has 1 aromatic rings. The van der Waals surface area contributed by atoms with Crippen LogP contribution in [-0.2, 0) is 11.8 Å². The number of hydrogen-bond acceptors (Lipinski definition) is 2. The summed E-state index contributed by atoms with van der Waals surface area (Å²) < 4.78 is 7.91. The molecule has 3 nitrogen and oxygen atoms in total. The first kappa shape index (κ1) is 13.9. The van der Waals surface area contributed by atoms with Crippen molar-refractivity contribution in [2.75, 3.05) is 6.61 Å². The lowest BCUT2D eigenvalue weighted by atomic mass is 9.70. The molecule has 1 heterocycles. The zero-order valence-electron chi connectivity index (χ0n) is 13.0. The number of nitrogens with zero attached hydrogens (tertiary/aromatic N) is 1. The summed E-state index contributed by atoms with van der Waals surface area (Å²) in [5.41, 5.74) is 1.30. The van der Waals surface area contributed by atoms with E-state index in [2.05, 4.69) is 20.8 Å². The summed E-state index contributed by atoms with van der Waals surface area (Å²) >= 11 is 0. The van der Waals surface area contributed by atoms with Crippen molar-refractivity contribution in [1.82, 2.24) is 4.57 Å². The summed E-state index contributed by atoms with van der Waals surface area (Å²) in [6.45, 7) is 7.29. The zero-order chi connectivity index (χ0) is 14.5. The number of carbonyl (C=O) groups is 1. The third-order valence-corrected chi connectivity index (χ3v) is 6.36. The van der Waals surface area contributed by atoms with Crippen molar-refractivity contribution in [2.45, 2.75) is 46.1 Å². The molecule has 2 bridgehead atoms. The normalized spacial score (nSPS) is 34.6. The van der Waals surface area contributed by atoms with Crippen LogP contribution in [0.2, 0.25) is 0 Å². The van der Waals surface area contributed by atoms with E-state index >= 15 is 0 Å². The van der Waals surface area contributed by atoms with Crippen molar-refractivity contribution in [3.63, 3.8) is 0 Å². The molecule has 0 aromatic carbocycles. The van der Waals surface area contributed by atoms with Gasteiger partial charge in [-0.05, 0) is 48.1 Å². The molecule has 3 unspecified atom stereocenters. The number of ketones is 1. The lowest BCUT2D eigenvalue weighted by molar-refractivity contribution is -0.0392. The summed E-state index contributed by atoms with van der Waals surface area (Å²) in [5.74, 6) is 0.837. The first-order valence-electron chi connectivity index (χ1n) is 7.62. The number of rotatable bonds is 4. The van der Waals surface area contributed by atoms with Gasteiger partial charge in [-0.2, -0.15) is 0 Å². The second kappa shape index (κ2) is 4.45. The number of hydrogen-bond donors (Lipinski definition) is 0. The molecular weight excluding hydrogens is 250 g/mol. The maximum atomic E-state index is 12.2. The third kappa shape index (κ3) is 1.79. The number of Topliss-reactive ketones (excluding diaryl/α,β-unsaturated/α-hetero) is 1. The molecule has 2 aliphatic carbocycles. The Kier molecular flexibility index (Phi) is 3.09. The lowest BCUT2D eigenvalue weighted by Gasteiger charge is -2.38. The van der Waals surface area contributed by atoms with Gasteiger partial charge in [-0.25, -0.2) is 0 Å². The molecule has 3 heteroatoms. The Hall–Kier alpha value is -1.09. The van der Waals surface area contributed by atoms with Crippen LogP contribution in [0.4, 0.5) is 0 Å². The van der Waals surface area contributed by atoms with Gasteiger partial charge in [0, 0.05) is 13.2 Å². The van der Waals surface area contributed by atoms with Crippen LogP contribution in [0.1, 0.15) is 50.5 Å². The molecule has 2 saturated carbocycles. The van der Waals surface area contributed by atoms with E-state index in [0.717, 1.165) is 18.0 Å². The highest BCUT2D eigenvalue weighted by molar-refractivity contribution is 5.95. The number of fused-ring (bicyclic) bond motifs is 2. The quantitative estimate of drug-likeness (QED) is 0.788. The molecule has 110 valence electrons. The van der Waals surface area contributed by atoms with Gasteiger partial charge in [-0.15, -0.1) is 0 Å². The van der Waals surface area contributed by atoms with E-state index in [9.17, 15) is 4.79 Å². The minimum Gasteiger partial charge on any atom is -0.369 e. The minimum atomic E-state index is 0.0849. The van der Waals surface area contributed by atoms with Crippen LogP contribution in [0.3, 0.4) is 0 Å². The van der Waals surface area contributed by atoms with Crippen molar-refractivity contribution in [3.05, 3.63) is 24.0 Å². The maximum absolute atomic E-state index is 12.2. The molecule has 0 spiro atoms. The minimum absolute atomic E-state index is 0.0849. The van der Waals surface area contributed by atoms with Crippen LogP contribution in [0.25, 0.3) is 0 Å². The van der Waals surface area contributed by atoms with Crippen molar-refractivity contribution < 1.29 is 9.53 Å². The van der Waals surface area contributed by atoms with E-state index in [1.807, 2.05) is 29.9 Å². The van der Waals surface area contributed by atoms with E-state index in [-0.39, 0.29) is 23.9 Å². The van der Waals surface area contributed by atoms with Crippen molar-refractivity contribution >= 4 is 5.78 Å². The van der Waals surface area contributed by atoms with Crippen LogP contribution >= 0.6 is 0 Å². The van der Waals surface area contributed by atoms with Crippen LogP contribution in [0.5, 0.6) is 0 Å². The lowest BCUT2D eigenvalue weighted by Crippen LogP contribution is -2.38. The van der Waals surface area contributed by atoms with Crippen molar-refractivity contribution in [3.8, 4) is 0 Å². The fraction of sp³-hybridized carbons (Fsp3) is 0.706. The van der Waals surface area contributed by atoms with Crippen molar-refractivity contribution in [1.29, 1.82) is 0 Å². The van der Waals surface area contributed by atoms with E-state index in [0.29, 0.717) is 5.41 Å². The van der Waals surface area contributed by atoms with Crippen LogP contribution in [0, 0.1) is 16.7 Å². The van der Waals surface area contributed by atoms with E-state index in [1.54, 1.807) is 0 Å². The van der Waals surface area contributed by atoms with Gasteiger partial charge in [-0.3, -0.25) is 4.79 Å². The van der Waals surface area contributed by atoms with Gasteiger partial charge in [0.25, 0.3) is 0 Å². The Morgan fingerprint density at radius 1 is 1.45 bits per heavy atom. The first-order valence-corrected chi connectivity index (χ1v) is 7.62. The summed E-state index contributed by atoms with van der Waals surface area (Å²) in [4.78, 5) is 12.2. The standard InChI is InChI=1S/C17H25NO2/c1-16(2)12-7-8-17(16,3)15(10-12)20-11-14(19)13-6-5-9-18(13)4/h5-6,9,12,15H,7-8,10-11H2,1-4H3. The predicted molar refractivity (Wildman–Crippen MR) is 78.7 cm³/mol. The summed E-state index contributed by atoms with van der Waals surface area (Å²) in [7, 11) is 1.90. The number of aryl methyl sites for hydroxylation is 1. The number of ether oxygens (including phenoxy) is 1. The highest BCUT2D eigenvalue weighted by Gasteiger charge is 2.61. The molecule has 0 N–H and O–H groups in total. The van der Waals surface area contributed by atoms with Gasteiger partial charge in [0.05, 0.1) is 11.8 Å². The molecule has 20 heavy (non-hydrogen) atoms. The predicted octanol–water partition coefficient (Wildman–Crippen LogP) is 3.44. The average Bonchev–Trinajstić information content (AvgIpc) is 2.96. The van der Waals surface area contributed by atoms with Gasteiger partial charge in [-0.1, -0.05) is 20.8 Å². The Balaban J connectivity index is 1.66. The second-order valence-electron chi connectivity index (χ2n) is 7.34. The molecule has 0 aliphatic heterocycles. The van der Waals surface area contributed by atoms with Gasteiger partial charge < -0.3 is 9.30 Å². The molecule has 0 radical (unpaired) electrons. The fourth-order valence-electron chi connectivity index (χ4n) is 4.38. The Bertz CT molecular complexity index is 531. The Labute approximate surface area is 121 Å². The topological polar surface area (TPSA) is 31.2 Å². The zero-order valence-corrected chi connectivity index (χ0v) is 13.0. The molecule has 3 rings (SSSR count). The van der Waals surface area contributed by atoms with E-state index in [4.69, 9.17) is 4.74 Å². The van der Waals surface area contributed by atoms with Crippen LogP contribution < -0.4 is 0 Å². The van der Waals surface area contributed by atoms with Crippen LogP contribution in [-0.4, -0.2) is 23.1 Å². The molecule has 2 fully saturated rings. The monoisotopic (exact) mass is 275 g/mol. The highest BCUT2D eigenvalue weighted by atomic mass is 16.5. The summed E-state index contributed by atoms with van der Waals surface area (Å²) in [6, 6.07) is 3.76. The molecule has 2 aliphatic rings. The number of carbonyl (C=O) groups excluding carboxylic acids is 1. The fourth-order valence-corrected chi connectivity index (χ4v) is 4.38. The third-order valence-electron chi connectivity index (χ3n) is 6.36. The average molecular weight is 275 g/mol. The van der Waals surface area contributed by atoms with E-state index in [1.165, 1.54) is 12.8 Å². The van der Waals surface area contributed by atoms with Gasteiger partial charge in [0.1, 0.15) is 6.61 Å². The molecule has 1 aromatic heterocycles.